The van der Waals surface area contributed by atoms with Crippen molar-refractivity contribution < 1.29 is 0 Å². The van der Waals surface area contributed by atoms with Gasteiger partial charge in [0, 0.05) is 16.6 Å². The van der Waals surface area contributed by atoms with Gasteiger partial charge in [-0.25, -0.2) is 0 Å². The van der Waals surface area contributed by atoms with Gasteiger partial charge in [-0.3, -0.25) is 5.10 Å². The van der Waals surface area contributed by atoms with Crippen molar-refractivity contribution >= 4 is 11.6 Å². The Kier molecular flexibility index (Phi) is 2.87. The zero-order chi connectivity index (χ0) is 11.7. The maximum absolute atomic E-state index is 6.03. The van der Waals surface area contributed by atoms with E-state index in [0.29, 0.717) is 6.04 Å². The molecule has 17 heavy (non-hydrogen) atoms. The Hall–Kier alpha value is -1.32. The smallest absolute Gasteiger partial charge is 0.0599 e. The minimum absolute atomic E-state index is 0.395. The molecule has 0 radical (unpaired) electrons. The number of aromatic nitrogens is 2. The molecule has 2 N–H and O–H groups in total. The molecule has 1 atom stereocenters. The molecule has 0 aliphatic carbocycles. The summed E-state index contributed by atoms with van der Waals surface area (Å²) >= 11 is 6.03. The molecule has 0 spiro atoms. The number of nitrogens with zero attached hydrogens (tertiary/aromatic N) is 1. The highest BCUT2D eigenvalue weighted by Gasteiger charge is 2.21. The van der Waals surface area contributed by atoms with E-state index < -0.39 is 0 Å². The summed E-state index contributed by atoms with van der Waals surface area (Å²) in [5.74, 6) is 0. The van der Waals surface area contributed by atoms with Crippen LogP contribution in [0.25, 0.3) is 11.1 Å². The van der Waals surface area contributed by atoms with E-state index in [2.05, 4.69) is 21.6 Å². The molecule has 1 aliphatic heterocycles. The molecule has 0 unspecified atom stereocenters. The van der Waals surface area contributed by atoms with E-state index in [0.717, 1.165) is 29.1 Å². The highest BCUT2D eigenvalue weighted by molar-refractivity contribution is 6.30. The first kappa shape index (κ1) is 10.8. The van der Waals surface area contributed by atoms with Crippen molar-refractivity contribution in [2.75, 3.05) is 6.54 Å². The van der Waals surface area contributed by atoms with Crippen molar-refractivity contribution in [3.63, 3.8) is 0 Å². The lowest BCUT2D eigenvalue weighted by molar-refractivity contribution is 0.626. The number of hydrogen-bond acceptors (Lipinski definition) is 2. The van der Waals surface area contributed by atoms with Crippen molar-refractivity contribution in [1.29, 1.82) is 0 Å². The Morgan fingerprint density at radius 2 is 2.29 bits per heavy atom. The molecule has 1 saturated heterocycles. The molecule has 0 saturated carbocycles. The number of rotatable bonds is 2. The van der Waals surface area contributed by atoms with Gasteiger partial charge >= 0.3 is 0 Å². The summed E-state index contributed by atoms with van der Waals surface area (Å²) in [6.45, 7) is 1.08. The predicted molar refractivity (Wildman–Crippen MR) is 69.0 cm³/mol. The minimum Gasteiger partial charge on any atom is -0.309 e. The summed E-state index contributed by atoms with van der Waals surface area (Å²) in [6.07, 6.45) is 4.26. The zero-order valence-electron chi connectivity index (χ0n) is 9.41. The second-order valence-corrected chi connectivity index (χ2v) is 4.79. The normalized spacial score (nSPS) is 19.7. The lowest BCUT2D eigenvalue weighted by atomic mass is 10.0. The summed E-state index contributed by atoms with van der Waals surface area (Å²) in [6, 6.07) is 8.29. The fraction of sp³-hybridized carbons (Fsp3) is 0.308. The largest absolute Gasteiger partial charge is 0.309 e. The quantitative estimate of drug-likeness (QED) is 0.856. The summed E-state index contributed by atoms with van der Waals surface area (Å²) in [7, 11) is 0. The minimum atomic E-state index is 0.395. The Morgan fingerprint density at radius 3 is 3.06 bits per heavy atom. The number of aromatic amines is 1. The molecule has 3 rings (SSSR count). The van der Waals surface area contributed by atoms with E-state index in [-0.39, 0.29) is 0 Å². The second kappa shape index (κ2) is 4.51. The number of nitrogens with one attached hydrogen (secondary N) is 2. The molecular weight excluding hydrogens is 234 g/mol. The van der Waals surface area contributed by atoms with Gasteiger partial charge in [-0.2, -0.15) is 5.10 Å². The third kappa shape index (κ3) is 2.08. The summed E-state index contributed by atoms with van der Waals surface area (Å²) in [4.78, 5) is 0. The monoisotopic (exact) mass is 247 g/mol. The van der Waals surface area contributed by atoms with Crippen LogP contribution < -0.4 is 5.32 Å². The maximum Gasteiger partial charge on any atom is 0.0599 e. The van der Waals surface area contributed by atoms with Gasteiger partial charge in [0.25, 0.3) is 0 Å². The van der Waals surface area contributed by atoms with Gasteiger partial charge in [0.15, 0.2) is 0 Å². The highest BCUT2D eigenvalue weighted by Crippen LogP contribution is 2.31. The number of hydrogen-bond donors (Lipinski definition) is 2. The van der Waals surface area contributed by atoms with E-state index in [1.807, 2.05) is 24.4 Å². The molecule has 2 aromatic rings. The molecule has 2 heterocycles. The molecular formula is C13H14ClN3. The SMILES string of the molecule is Clc1cccc(-c2cn[nH]c2[C@@H]2CCCN2)c1. The van der Waals surface area contributed by atoms with Crippen LogP contribution in [0.2, 0.25) is 5.02 Å². The van der Waals surface area contributed by atoms with Crippen LogP contribution in [0.1, 0.15) is 24.6 Å². The van der Waals surface area contributed by atoms with E-state index >= 15 is 0 Å². The van der Waals surface area contributed by atoms with Crippen LogP contribution in [0.4, 0.5) is 0 Å². The standard InChI is InChI=1S/C13H14ClN3/c14-10-4-1-3-9(7-10)11-8-16-17-13(11)12-5-2-6-15-12/h1,3-4,7-8,12,15H,2,5-6H2,(H,16,17)/t12-/m0/s1. The van der Waals surface area contributed by atoms with Crippen molar-refractivity contribution in [2.24, 2.45) is 0 Å². The fourth-order valence-corrected chi connectivity index (χ4v) is 2.57. The number of H-pyrrole nitrogens is 1. The topological polar surface area (TPSA) is 40.7 Å². The van der Waals surface area contributed by atoms with Gasteiger partial charge in [-0.15, -0.1) is 0 Å². The fourth-order valence-electron chi connectivity index (χ4n) is 2.38. The Bertz CT molecular complexity index is 515. The number of benzene rings is 1. The predicted octanol–water partition coefficient (Wildman–Crippen LogP) is 3.15. The molecule has 3 nitrogen and oxygen atoms in total. The first-order chi connectivity index (χ1) is 8.34. The third-order valence-corrected chi connectivity index (χ3v) is 3.45. The van der Waals surface area contributed by atoms with Gasteiger partial charge in [-0.05, 0) is 37.1 Å². The first-order valence-electron chi connectivity index (χ1n) is 5.87. The van der Waals surface area contributed by atoms with Crippen LogP contribution >= 0.6 is 11.6 Å². The van der Waals surface area contributed by atoms with Gasteiger partial charge in [0.2, 0.25) is 0 Å². The number of halogens is 1. The van der Waals surface area contributed by atoms with E-state index in [1.54, 1.807) is 0 Å². The average molecular weight is 248 g/mol. The van der Waals surface area contributed by atoms with Gasteiger partial charge < -0.3 is 5.32 Å². The maximum atomic E-state index is 6.03. The lowest BCUT2D eigenvalue weighted by Crippen LogP contribution is -2.14. The molecule has 1 aromatic heterocycles. The Morgan fingerprint density at radius 1 is 1.35 bits per heavy atom. The Labute approximate surface area is 105 Å². The van der Waals surface area contributed by atoms with E-state index in [4.69, 9.17) is 11.6 Å². The molecule has 1 aromatic carbocycles. The summed E-state index contributed by atoms with van der Waals surface area (Å²) in [5, 5.41) is 11.5. The molecule has 1 aliphatic rings. The molecule has 0 bridgehead atoms. The summed E-state index contributed by atoms with van der Waals surface area (Å²) < 4.78 is 0. The van der Waals surface area contributed by atoms with Crippen molar-refractivity contribution in [3.8, 4) is 11.1 Å². The lowest BCUT2D eigenvalue weighted by Gasteiger charge is -2.10. The van der Waals surface area contributed by atoms with Crippen molar-refractivity contribution in [3.05, 3.63) is 41.2 Å². The van der Waals surface area contributed by atoms with E-state index in [1.165, 1.54) is 12.1 Å². The van der Waals surface area contributed by atoms with Crippen LogP contribution in [0, 0.1) is 0 Å². The molecule has 88 valence electrons. The van der Waals surface area contributed by atoms with Crippen LogP contribution in [0.15, 0.2) is 30.5 Å². The van der Waals surface area contributed by atoms with Gasteiger partial charge in [0.1, 0.15) is 0 Å². The van der Waals surface area contributed by atoms with E-state index in [9.17, 15) is 0 Å². The average Bonchev–Trinajstić information content (AvgIpc) is 3.00. The van der Waals surface area contributed by atoms with Gasteiger partial charge in [0.05, 0.1) is 11.9 Å². The third-order valence-electron chi connectivity index (χ3n) is 3.21. The van der Waals surface area contributed by atoms with Gasteiger partial charge in [-0.1, -0.05) is 23.7 Å². The second-order valence-electron chi connectivity index (χ2n) is 4.36. The van der Waals surface area contributed by atoms with Crippen LogP contribution in [-0.2, 0) is 0 Å². The highest BCUT2D eigenvalue weighted by atomic mass is 35.5. The molecule has 4 heteroatoms. The summed E-state index contributed by atoms with van der Waals surface area (Å²) in [5.41, 5.74) is 3.44. The first-order valence-corrected chi connectivity index (χ1v) is 6.25. The molecule has 0 amide bonds. The van der Waals surface area contributed by atoms with Crippen molar-refractivity contribution in [1.82, 2.24) is 15.5 Å². The van der Waals surface area contributed by atoms with Crippen LogP contribution in [0.3, 0.4) is 0 Å². The van der Waals surface area contributed by atoms with Crippen molar-refractivity contribution in [2.45, 2.75) is 18.9 Å². The van der Waals surface area contributed by atoms with Crippen LogP contribution in [0.5, 0.6) is 0 Å². The molecule has 1 fully saturated rings. The zero-order valence-corrected chi connectivity index (χ0v) is 10.2. The van der Waals surface area contributed by atoms with Crippen LogP contribution in [-0.4, -0.2) is 16.7 Å². The Balaban J connectivity index is 2.00.